The molecule has 2 rings (SSSR count). The molecule has 2 aromatic carbocycles. The molecule has 0 amide bonds. The Balaban J connectivity index is 2.34. The third-order valence-electron chi connectivity index (χ3n) is 4.10. The largest absolute Gasteiger partial charge is 0.490 e. The lowest BCUT2D eigenvalue weighted by Gasteiger charge is -2.18. The lowest BCUT2D eigenvalue weighted by molar-refractivity contribution is -0.0328. The van der Waals surface area contributed by atoms with Gasteiger partial charge in [-0.15, -0.1) is 0 Å². The molecule has 160 valence electrons. The quantitative estimate of drug-likeness (QED) is 0.312. The fraction of sp³-hybridized carbons (Fsp3) is 0.273. The maximum Gasteiger partial charge on any atom is 0.446 e. The Morgan fingerprint density at radius 2 is 1.73 bits per heavy atom. The highest BCUT2D eigenvalue weighted by Gasteiger charge is 2.29. The molecule has 0 bridgehead atoms. The molecule has 0 aliphatic carbocycles. The normalized spacial score (nSPS) is 11.9. The summed E-state index contributed by atoms with van der Waals surface area (Å²) in [5, 5.41) is 9.46. The predicted molar refractivity (Wildman–Crippen MR) is 110 cm³/mol. The van der Waals surface area contributed by atoms with E-state index in [0.717, 1.165) is 0 Å². The first-order valence-electron chi connectivity index (χ1n) is 9.01. The Kier molecular flexibility index (Phi) is 7.36. The minimum Gasteiger partial charge on any atom is -0.490 e. The molecule has 4 nitrogen and oxygen atoms in total. The third kappa shape index (κ3) is 6.13. The first kappa shape index (κ1) is 23.5. The average molecular weight is 438 g/mol. The number of alkyl halides is 3. The number of carbonyl (C=O) groups excluding carboxylic acids is 1. The van der Waals surface area contributed by atoms with Gasteiger partial charge in [-0.25, -0.2) is 4.79 Å². The summed E-state index contributed by atoms with van der Waals surface area (Å²) >= 11 is -0.248. The van der Waals surface area contributed by atoms with Crippen molar-refractivity contribution in [3.8, 4) is 5.75 Å². The van der Waals surface area contributed by atoms with Crippen LogP contribution in [-0.4, -0.2) is 28.5 Å². The number of thioether (sulfide) groups is 1. The van der Waals surface area contributed by atoms with Gasteiger partial charge in [-0.2, -0.15) is 13.2 Å². The van der Waals surface area contributed by atoms with Crippen LogP contribution in [0, 0.1) is 13.8 Å². The highest BCUT2D eigenvalue weighted by Crippen LogP contribution is 2.37. The predicted octanol–water partition coefficient (Wildman–Crippen LogP) is 6.30. The maximum absolute atomic E-state index is 12.4. The summed E-state index contributed by atoms with van der Waals surface area (Å²) in [6, 6.07) is 6.76. The zero-order valence-corrected chi connectivity index (χ0v) is 17.6. The number of rotatable bonds is 7. The van der Waals surface area contributed by atoms with Crippen molar-refractivity contribution >= 4 is 29.6 Å². The Morgan fingerprint density at radius 1 is 1.13 bits per heavy atom. The number of aromatic carboxylic acids is 1. The van der Waals surface area contributed by atoms with Crippen LogP contribution in [0.1, 0.15) is 51.3 Å². The van der Waals surface area contributed by atoms with Gasteiger partial charge < -0.3 is 9.84 Å². The van der Waals surface area contributed by atoms with E-state index in [1.165, 1.54) is 36.4 Å². The molecule has 8 heteroatoms. The molecule has 0 heterocycles. The van der Waals surface area contributed by atoms with Gasteiger partial charge in [-0.1, -0.05) is 0 Å². The van der Waals surface area contributed by atoms with Crippen molar-refractivity contribution in [2.75, 3.05) is 0 Å². The Morgan fingerprint density at radius 3 is 2.23 bits per heavy atom. The number of allylic oxidation sites excluding steroid dienone is 1. The minimum absolute atomic E-state index is 0.00819. The number of benzene rings is 2. The monoisotopic (exact) mass is 438 g/mol. The van der Waals surface area contributed by atoms with Gasteiger partial charge in [-0.3, -0.25) is 4.79 Å². The fourth-order valence-electron chi connectivity index (χ4n) is 2.92. The summed E-state index contributed by atoms with van der Waals surface area (Å²) < 4.78 is 43.0. The van der Waals surface area contributed by atoms with E-state index < -0.39 is 17.3 Å². The molecule has 0 unspecified atom stereocenters. The van der Waals surface area contributed by atoms with Crippen LogP contribution in [0.2, 0.25) is 0 Å². The van der Waals surface area contributed by atoms with Crippen molar-refractivity contribution in [1.82, 2.24) is 0 Å². The van der Waals surface area contributed by atoms with Crippen LogP contribution in [-0.2, 0) is 0 Å². The number of hydrogen-bond acceptors (Lipinski definition) is 4. The van der Waals surface area contributed by atoms with E-state index >= 15 is 0 Å². The highest BCUT2D eigenvalue weighted by molar-refractivity contribution is 8.00. The molecule has 0 atom stereocenters. The van der Waals surface area contributed by atoms with Crippen LogP contribution in [0.25, 0.3) is 6.08 Å². The first-order valence-corrected chi connectivity index (χ1v) is 9.83. The SMILES string of the molecule is Cc1cc(C=CC(=O)c2ccc(SC(F)(F)F)cc2)c(OC(C)C)c(C)c1C(=O)O. The summed E-state index contributed by atoms with van der Waals surface area (Å²) in [7, 11) is 0. The van der Waals surface area contributed by atoms with E-state index in [-0.39, 0.29) is 33.9 Å². The van der Waals surface area contributed by atoms with Crippen molar-refractivity contribution in [2.24, 2.45) is 0 Å². The van der Waals surface area contributed by atoms with Crippen molar-refractivity contribution in [2.45, 2.75) is 44.2 Å². The molecular weight excluding hydrogens is 417 g/mol. The van der Waals surface area contributed by atoms with Gasteiger partial charge in [0.2, 0.25) is 0 Å². The van der Waals surface area contributed by atoms with Crippen molar-refractivity contribution in [3.05, 3.63) is 64.2 Å². The second kappa shape index (κ2) is 9.38. The topological polar surface area (TPSA) is 63.6 Å². The molecule has 30 heavy (non-hydrogen) atoms. The lowest BCUT2D eigenvalue weighted by Crippen LogP contribution is -2.12. The molecule has 2 aromatic rings. The smallest absolute Gasteiger partial charge is 0.446 e. The molecule has 0 aliphatic rings. The summed E-state index contributed by atoms with van der Waals surface area (Å²) in [5.74, 6) is -1.09. The van der Waals surface area contributed by atoms with Gasteiger partial charge in [0, 0.05) is 21.6 Å². The standard InChI is InChI=1S/C22H21F3O4S/c1-12(2)29-20-14(4)19(21(27)28)13(3)11-16(20)7-10-18(26)15-5-8-17(9-6-15)30-22(23,24)25/h5-12H,1-4H3,(H,27,28). The van der Waals surface area contributed by atoms with E-state index in [1.54, 1.807) is 33.8 Å². The van der Waals surface area contributed by atoms with Crippen molar-refractivity contribution < 1.29 is 32.6 Å². The molecule has 0 radical (unpaired) electrons. The van der Waals surface area contributed by atoms with Crippen molar-refractivity contribution in [1.29, 1.82) is 0 Å². The fourth-order valence-corrected chi connectivity index (χ4v) is 3.46. The minimum atomic E-state index is -4.39. The van der Waals surface area contributed by atoms with E-state index in [1.807, 2.05) is 0 Å². The summed E-state index contributed by atoms with van der Waals surface area (Å²) in [6.45, 7) is 6.91. The third-order valence-corrected chi connectivity index (χ3v) is 4.84. The Bertz CT molecular complexity index is 977. The zero-order valence-electron chi connectivity index (χ0n) is 16.8. The zero-order chi connectivity index (χ0) is 22.6. The van der Waals surface area contributed by atoms with Crippen LogP contribution in [0.3, 0.4) is 0 Å². The van der Waals surface area contributed by atoms with Crippen molar-refractivity contribution in [3.63, 3.8) is 0 Å². The molecule has 0 aromatic heterocycles. The van der Waals surface area contributed by atoms with Crippen LogP contribution in [0.4, 0.5) is 13.2 Å². The highest BCUT2D eigenvalue weighted by atomic mass is 32.2. The van der Waals surface area contributed by atoms with E-state index in [2.05, 4.69) is 0 Å². The molecule has 0 saturated carbocycles. The van der Waals surface area contributed by atoms with Gasteiger partial charge in [0.15, 0.2) is 5.78 Å². The van der Waals surface area contributed by atoms with E-state index in [4.69, 9.17) is 4.74 Å². The molecule has 0 spiro atoms. The molecular formula is C22H21F3O4S. The number of hydrogen-bond donors (Lipinski definition) is 1. The summed E-state index contributed by atoms with van der Waals surface area (Å²) in [5.41, 5.74) is -2.49. The molecule has 0 aliphatic heterocycles. The van der Waals surface area contributed by atoms with Gasteiger partial charge in [0.1, 0.15) is 5.75 Å². The average Bonchev–Trinajstić information content (AvgIpc) is 2.61. The second-order valence-corrected chi connectivity index (χ2v) is 7.99. The number of carboxylic acid groups (broad SMARTS) is 1. The van der Waals surface area contributed by atoms with Gasteiger partial charge in [0.05, 0.1) is 11.7 Å². The van der Waals surface area contributed by atoms with Crippen LogP contribution in [0.5, 0.6) is 5.75 Å². The number of carbonyl (C=O) groups is 2. The number of aryl methyl sites for hydroxylation is 1. The molecule has 1 N–H and O–H groups in total. The number of ketones is 1. The number of ether oxygens (including phenoxy) is 1. The molecule has 0 fully saturated rings. The maximum atomic E-state index is 12.4. The van der Waals surface area contributed by atoms with E-state index in [0.29, 0.717) is 22.4 Å². The van der Waals surface area contributed by atoms with Gasteiger partial charge in [-0.05, 0) is 87.5 Å². The van der Waals surface area contributed by atoms with Gasteiger partial charge >= 0.3 is 11.5 Å². The van der Waals surface area contributed by atoms with Crippen LogP contribution < -0.4 is 4.74 Å². The Hall–Kier alpha value is -2.74. The van der Waals surface area contributed by atoms with Gasteiger partial charge in [0.25, 0.3) is 0 Å². The van der Waals surface area contributed by atoms with E-state index in [9.17, 15) is 27.9 Å². The lowest BCUT2D eigenvalue weighted by atomic mass is 9.97. The summed E-state index contributed by atoms with van der Waals surface area (Å²) in [6.07, 6.45) is 2.59. The Labute approximate surface area is 176 Å². The summed E-state index contributed by atoms with van der Waals surface area (Å²) in [4.78, 5) is 24.0. The number of halogens is 3. The van der Waals surface area contributed by atoms with Crippen LogP contribution in [0.15, 0.2) is 41.3 Å². The second-order valence-electron chi connectivity index (χ2n) is 6.85. The first-order chi connectivity index (χ1) is 13.9. The number of carboxylic acids is 1. The van der Waals surface area contributed by atoms with Crippen LogP contribution >= 0.6 is 11.8 Å². The molecule has 0 saturated heterocycles.